The highest BCUT2D eigenvalue weighted by Crippen LogP contribution is 2.16. The average Bonchev–Trinajstić information content (AvgIpc) is 2.66. The zero-order valence-electron chi connectivity index (χ0n) is 8.77. The molecule has 0 aliphatic heterocycles. The average molecular weight is 223 g/mol. The maximum absolute atomic E-state index is 12.1. The zero-order valence-corrected chi connectivity index (χ0v) is 8.77. The van der Waals surface area contributed by atoms with E-state index >= 15 is 0 Å². The number of hydrogen-bond donors (Lipinski definition) is 0. The third-order valence-electron chi connectivity index (χ3n) is 2.21. The summed E-state index contributed by atoms with van der Waals surface area (Å²) in [6.07, 6.45) is -0.885. The first kappa shape index (κ1) is 10.7. The maximum Gasteiger partial charge on any atom is 0.257 e. The summed E-state index contributed by atoms with van der Waals surface area (Å²) >= 11 is 0. The highest BCUT2D eigenvalue weighted by molar-refractivity contribution is 5.57. The van der Waals surface area contributed by atoms with E-state index in [2.05, 4.69) is 10.3 Å². The van der Waals surface area contributed by atoms with Gasteiger partial charge < -0.3 is 0 Å². The number of alkyl halides is 2. The first-order chi connectivity index (χ1) is 7.65. The standard InChI is InChI=1S/C11H11F2N3/c1-8-2-4-9(5-3-8)10-6-16(15-14-10)7-11(12)13/h2-6,11H,7H2,1H3. The fourth-order valence-corrected chi connectivity index (χ4v) is 1.39. The highest BCUT2D eigenvalue weighted by atomic mass is 19.3. The second-order valence-electron chi connectivity index (χ2n) is 3.58. The Bertz CT molecular complexity index is 462. The molecule has 2 aromatic rings. The van der Waals surface area contributed by atoms with Gasteiger partial charge in [0.1, 0.15) is 12.2 Å². The fraction of sp³-hybridized carbons (Fsp3) is 0.273. The van der Waals surface area contributed by atoms with Crippen LogP contribution in [0.1, 0.15) is 5.56 Å². The molecule has 1 heterocycles. The molecule has 16 heavy (non-hydrogen) atoms. The Balaban J connectivity index is 2.21. The summed E-state index contributed by atoms with van der Waals surface area (Å²) in [6, 6.07) is 7.68. The van der Waals surface area contributed by atoms with Gasteiger partial charge in [-0.25, -0.2) is 13.5 Å². The molecule has 0 bridgehead atoms. The summed E-state index contributed by atoms with van der Waals surface area (Å²) in [7, 11) is 0. The number of benzene rings is 1. The fourth-order valence-electron chi connectivity index (χ4n) is 1.39. The van der Waals surface area contributed by atoms with E-state index in [1.807, 2.05) is 31.2 Å². The van der Waals surface area contributed by atoms with Crippen LogP contribution in [0.3, 0.4) is 0 Å². The molecule has 0 unspecified atom stereocenters. The molecule has 0 aliphatic carbocycles. The van der Waals surface area contributed by atoms with Crippen LogP contribution >= 0.6 is 0 Å². The Kier molecular flexibility index (Phi) is 2.94. The van der Waals surface area contributed by atoms with Crippen LogP contribution in [0.25, 0.3) is 11.3 Å². The molecule has 5 heteroatoms. The van der Waals surface area contributed by atoms with E-state index in [1.165, 1.54) is 6.20 Å². The predicted molar refractivity (Wildman–Crippen MR) is 56.2 cm³/mol. The molecule has 0 spiro atoms. The molecule has 0 aliphatic rings. The van der Waals surface area contributed by atoms with Gasteiger partial charge in [-0.2, -0.15) is 0 Å². The van der Waals surface area contributed by atoms with Gasteiger partial charge in [-0.1, -0.05) is 35.0 Å². The van der Waals surface area contributed by atoms with Gasteiger partial charge in [0.05, 0.1) is 6.20 Å². The van der Waals surface area contributed by atoms with Crippen LogP contribution in [0, 0.1) is 6.92 Å². The highest BCUT2D eigenvalue weighted by Gasteiger charge is 2.07. The monoisotopic (exact) mass is 223 g/mol. The molecule has 0 atom stereocenters. The van der Waals surface area contributed by atoms with Gasteiger partial charge in [-0.05, 0) is 6.92 Å². The summed E-state index contributed by atoms with van der Waals surface area (Å²) in [5.74, 6) is 0. The molecular formula is C11H11F2N3. The summed E-state index contributed by atoms with van der Waals surface area (Å²) in [6.45, 7) is 1.57. The third-order valence-corrected chi connectivity index (χ3v) is 2.21. The smallest absolute Gasteiger partial charge is 0.246 e. The number of aryl methyl sites for hydroxylation is 1. The molecule has 0 radical (unpaired) electrons. The van der Waals surface area contributed by atoms with Crippen molar-refractivity contribution in [3.05, 3.63) is 36.0 Å². The van der Waals surface area contributed by atoms with Crippen LogP contribution in [0.5, 0.6) is 0 Å². The van der Waals surface area contributed by atoms with Crippen molar-refractivity contribution >= 4 is 0 Å². The van der Waals surface area contributed by atoms with Crippen molar-refractivity contribution in [3.63, 3.8) is 0 Å². The molecule has 2 rings (SSSR count). The van der Waals surface area contributed by atoms with Gasteiger partial charge in [-0.3, -0.25) is 0 Å². The quantitative estimate of drug-likeness (QED) is 0.800. The Labute approximate surface area is 91.7 Å². The normalized spacial score (nSPS) is 11.0. The molecular weight excluding hydrogens is 212 g/mol. The summed E-state index contributed by atoms with van der Waals surface area (Å²) in [5, 5.41) is 7.49. The topological polar surface area (TPSA) is 30.7 Å². The van der Waals surface area contributed by atoms with E-state index in [0.717, 1.165) is 15.8 Å². The van der Waals surface area contributed by atoms with Gasteiger partial charge in [0.2, 0.25) is 0 Å². The van der Waals surface area contributed by atoms with E-state index in [-0.39, 0.29) is 0 Å². The lowest BCUT2D eigenvalue weighted by Crippen LogP contribution is -2.06. The van der Waals surface area contributed by atoms with Crippen molar-refractivity contribution in [3.8, 4) is 11.3 Å². The largest absolute Gasteiger partial charge is 0.257 e. The Morgan fingerprint density at radius 3 is 2.56 bits per heavy atom. The Morgan fingerprint density at radius 2 is 1.94 bits per heavy atom. The predicted octanol–water partition coefficient (Wildman–Crippen LogP) is 2.52. The van der Waals surface area contributed by atoms with Crippen LogP contribution in [-0.2, 0) is 6.54 Å². The van der Waals surface area contributed by atoms with E-state index in [1.54, 1.807) is 0 Å². The zero-order chi connectivity index (χ0) is 11.5. The molecule has 0 saturated heterocycles. The third kappa shape index (κ3) is 2.42. The number of nitrogens with zero attached hydrogens (tertiary/aromatic N) is 3. The van der Waals surface area contributed by atoms with Crippen molar-refractivity contribution < 1.29 is 8.78 Å². The minimum Gasteiger partial charge on any atom is -0.246 e. The van der Waals surface area contributed by atoms with Gasteiger partial charge in [0.25, 0.3) is 6.43 Å². The minimum atomic E-state index is -2.41. The molecule has 1 aromatic heterocycles. The molecule has 84 valence electrons. The molecule has 1 aromatic carbocycles. The Hall–Kier alpha value is -1.78. The van der Waals surface area contributed by atoms with Crippen LogP contribution in [0.2, 0.25) is 0 Å². The van der Waals surface area contributed by atoms with Crippen LogP contribution in [0.15, 0.2) is 30.5 Å². The van der Waals surface area contributed by atoms with E-state index < -0.39 is 13.0 Å². The van der Waals surface area contributed by atoms with Crippen molar-refractivity contribution in [1.82, 2.24) is 15.0 Å². The van der Waals surface area contributed by atoms with Crippen LogP contribution < -0.4 is 0 Å². The van der Waals surface area contributed by atoms with E-state index in [9.17, 15) is 8.78 Å². The van der Waals surface area contributed by atoms with Crippen LogP contribution in [-0.4, -0.2) is 21.4 Å². The molecule has 3 nitrogen and oxygen atoms in total. The summed E-state index contributed by atoms with van der Waals surface area (Å²) in [4.78, 5) is 0. The number of hydrogen-bond acceptors (Lipinski definition) is 2. The second kappa shape index (κ2) is 4.38. The lowest BCUT2D eigenvalue weighted by atomic mass is 10.1. The molecule has 0 amide bonds. The number of halogens is 2. The first-order valence-corrected chi connectivity index (χ1v) is 4.90. The molecule has 0 saturated carbocycles. The summed E-state index contributed by atoms with van der Waals surface area (Å²) < 4.78 is 25.3. The number of rotatable bonds is 3. The van der Waals surface area contributed by atoms with Crippen molar-refractivity contribution in [1.29, 1.82) is 0 Å². The minimum absolute atomic E-state index is 0.418. The van der Waals surface area contributed by atoms with Gasteiger partial charge in [0.15, 0.2) is 0 Å². The van der Waals surface area contributed by atoms with Gasteiger partial charge in [0, 0.05) is 5.56 Å². The maximum atomic E-state index is 12.1. The Morgan fingerprint density at radius 1 is 1.25 bits per heavy atom. The van der Waals surface area contributed by atoms with Gasteiger partial charge in [-0.15, -0.1) is 5.10 Å². The van der Waals surface area contributed by atoms with E-state index in [0.29, 0.717) is 5.69 Å². The summed E-state index contributed by atoms with van der Waals surface area (Å²) in [5.41, 5.74) is 2.63. The van der Waals surface area contributed by atoms with Crippen molar-refractivity contribution in [2.45, 2.75) is 19.9 Å². The lowest BCUT2D eigenvalue weighted by Gasteiger charge is -1.97. The first-order valence-electron chi connectivity index (χ1n) is 4.90. The lowest BCUT2D eigenvalue weighted by molar-refractivity contribution is 0.121. The SMILES string of the molecule is Cc1ccc(-c2cn(CC(F)F)nn2)cc1. The second-order valence-corrected chi connectivity index (χ2v) is 3.58. The van der Waals surface area contributed by atoms with Crippen LogP contribution in [0.4, 0.5) is 8.78 Å². The molecule has 0 fully saturated rings. The molecule has 0 N–H and O–H groups in total. The van der Waals surface area contributed by atoms with E-state index in [4.69, 9.17) is 0 Å². The van der Waals surface area contributed by atoms with Crippen molar-refractivity contribution in [2.75, 3.05) is 0 Å². The van der Waals surface area contributed by atoms with Crippen molar-refractivity contribution in [2.24, 2.45) is 0 Å². The number of aromatic nitrogens is 3. The van der Waals surface area contributed by atoms with Gasteiger partial charge >= 0.3 is 0 Å².